The van der Waals surface area contributed by atoms with Crippen molar-refractivity contribution in [2.24, 2.45) is 0 Å². The number of anilines is 1. The second-order valence-corrected chi connectivity index (χ2v) is 5.73. The Morgan fingerprint density at radius 3 is 2.33 bits per heavy atom. The maximum Gasteiger partial charge on any atom is 0.273 e. The Balaban J connectivity index is 1.77. The van der Waals surface area contributed by atoms with Crippen LogP contribution < -0.4 is 10.1 Å². The summed E-state index contributed by atoms with van der Waals surface area (Å²) in [7, 11) is 1.62. The average Bonchev–Trinajstić information content (AvgIpc) is 3.04. The van der Waals surface area contributed by atoms with E-state index < -0.39 is 0 Å². The van der Waals surface area contributed by atoms with Gasteiger partial charge in [-0.05, 0) is 67.4 Å². The van der Waals surface area contributed by atoms with Crippen molar-refractivity contribution >= 4 is 11.6 Å². The second kappa shape index (κ2) is 6.58. The highest BCUT2D eigenvalue weighted by molar-refractivity contribution is 6.03. The molecule has 24 heavy (non-hydrogen) atoms. The molecule has 0 saturated carbocycles. The van der Waals surface area contributed by atoms with E-state index >= 15 is 0 Å². The first-order valence-corrected chi connectivity index (χ1v) is 7.64. The molecule has 0 atom stereocenters. The number of rotatable bonds is 4. The van der Waals surface area contributed by atoms with E-state index in [0.29, 0.717) is 11.4 Å². The Kier molecular flexibility index (Phi) is 4.33. The van der Waals surface area contributed by atoms with Crippen LogP contribution in [0.5, 0.6) is 5.75 Å². The number of aryl methyl sites for hydroxylation is 2. The zero-order valence-corrected chi connectivity index (χ0v) is 13.9. The minimum atomic E-state index is -0.215. The zero-order valence-electron chi connectivity index (χ0n) is 13.9. The number of amides is 1. The lowest BCUT2D eigenvalue weighted by Gasteiger charge is -2.06. The van der Waals surface area contributed by atoms with Gasteiger partial charge in [-0.1, -0.05) is 6.07 Å². The van der Waals surface area contributed by atoms with Gasteiger partial charge in [0.1, 0.15) is 11.4 Å². The van der Waals surface area contributed by atoms with E-state index in [0.717, 1.165) is 28.1 Å². The van der Waals surface area contributed by atoms with E-state index in [1.807, 2.05) is 50.2 Å². The van der Waals surface area contributed by atoms with Gasteiger partial charge in [0, 0.05) is 11.3 Å². The van der Waals surface area contributed by atoms with Crippen molar-refractivity contribution in [3.05, 3.63) is 65.4 Å². The lowest BCUT2D eigenvalue weighted by atomic mass is 10.1. The number of H-pyrrole nitrogens is 1. The molecule has 0 radical (unpaired) electrons. The maximum absolute atomic E-state index is 12.4. The maximum atomic E-state index is 12.4. The van der Waals surface area contributed by atoms with Crippen molar-refractivity contribution in [1.29, 1.82) is 0 Å². The van der Waals surface area contributed by atoms with E-state index in [4.69, 9.17) is 4.74 Å². The fourth-order valence-corrected chi connectivity index (χ4v) is 2.59. The summed E-state index contributed by atoms with van der Waals surface area (Å²) in [5.74, 6) is 0.564. The number of benzene rings is 2. The summed E-state index contributed by atoms with van der Waals surface area (Å²) in [6.45, 7) is 4.00. The van der Waals surface area contributed by atoms with Crippen LogP contribution in [0.1, 0.15) is 21.6 Å². The van der Waals surface area contributed by atoms with E-state index in [1.54, 1.807) is 13.2 Å². The molecule has 1 amide bonds. The molecule has 1 aromatic heterocycles. The summed E-state index contributed by atoms with van der Waals surface area (Å²) in [5.41, 5.74) is 5.03. The first-order chi connectivity index (χ1) is 11.5. The van der Waals surface area contributed by atoms with Gasteiger partial charge < -0.3 is 10.1 Å². The van der Waals surface area contributed by atoms with Crippen LogP contribution in [-0.4, -0.2) is 23.2 Å². The Labute approximate surface area is 140 Å². The van der Waals surface area contributed by atoms with Crippen LogP contribution in [0.3, 0.4) is 0 Å². The largest absolute Gasteiger partial charge is 0.497 e. The van der Waals surface area contributed by atoms with Crippen molar-refractivity contribution in [3.8, 4) is 17.0 Å². The normalized spacial score (nSPS) is 10.5. The molecule has 0 aliphatic rings. The minimum absolute atomic E-state index is 0.215. The molecule has 5 nitrogen and oxygen atoms in total. The van der Waals surface area contributed by atoms with Gasteiger partial charge in [-0.15, -0.1) is 0 Å². The van der Waals surface area contributed by atoms with Gasteiger partial charge in [0.15, 0.2) is 0 Å². The Morgan fingerprint density at radius 1 is 1.04 bits per heavy atom. The molecule has 122 valence electrons. The molecular weight excluding hydrogens is 302 g/mol. The van der Waals surface area contributed by atoms with Crippen molar-refractivity contribution in [3.63, 3.8) is 0 Å². The summed E-state index contributed by atoms with van der Waals surface area (Å²) in [6, 6.07) is 15.2. The third-order valence-electron chi connectivity index (χ3n) is 3.69. The number of aromatic nitrogens is 2. The van der Waals surface area contributed by atoms with Crippen LogP contribution in [0.4, 0.5) is 5.69 Å². The first kappa shape index (κ1) is 15.8. The fraction of sp³-hybridized carbons (Fsp3) is 0.158. The number of hydrogen-bond acceptors (Lipinski definition) is 3. The van der Waals surface area contributed by atoms with Gasteiger partial charge in [0.05, 0.1) is 12.8 Å². The van der Waals surface area contributed by atoms with Gasteiger partial charge in [0.2, 0.25) is 0 Å². The third kappa shape index (κ3) is 3.46. The van der Waals surface area contributed by atoms with Crippen molar-refractivity contribution < 1.29 is 9.53 Å². The predicted molar refractivity (Wildman–Crippen MR) is 94.4 cm³/mol. The smallest absolute Gasteiger partial charge is 0.273 e. The van der Waals surface area contributed by atoms with Gasteiger partial charge in [-0.2, -0.15) is 5.10 Å². The highest BCUT2D eigenvalue weighted by Crippen LogP contribution is 2.21. The number of nitrogens with zero attached hydrogens (tertiary/aromatic N) is 1. The standard InChI is InChI=1S/C19H19N3O2/c1-12-8-13(2)10-15(9-12)20-19(23)18-11-17(21-22-18)14-4-6-16(24-3)7-5-14/h4-11H,1-3H3,(H,20,23)(H,21,22). The number of carbonyl (C=O) groups excluding carboxylic acids is 1. The molecule has 3 aromatic rings. The van der Waals surface area contributed by atoms with Gasteiger partial charge in [-0.25, -0.2) is 0 Å². The van der Waals surface area contributed by atoms with Crippen LogP contribution in [0.2, 0.25) is 0 Å². The van der Waals surface area contributed by atoms with Crippen LogP contribution in [-0.2, 0) is 0 Å². The number of methoxy groups -OCH3 is 1. The van der Waals surface area contributed by atoms with Crippen LogP contribution in [0, 0.1) is 13.8 Å². The Morgan fingerprint density at radius 2 is 1.71 bits per heavy atom. The highest BCUT2D eigenvalue weighted by atomic mass is 16.5. The molecule has 2 aromatic carbocycles. The molecule has 0 saturated heterocycles. The average molecular weight is 321 g/mol. The summed E-state index contributed by atoms with van der Waals surface area (Å²) in [5, 5.41) is 9.89. The number of carbonyl (C=O) groups is 1. The predicted octanol–water partition coefficient (Wildman–Crippen LogP) is 3.95. The summed E-state index contributed by atoms with van der Waals surface area (Å²) >= 11 is 0. The van der Waals surface area contributed by atoms with E-state index in [-0.39, 0.29) is 5.91 Å². The molecule has 0 spiro atoms. The summed E-state index contributed by atoms with van der Waals surface area (Å²) in [6.07, 6.45) is 0. The van der Waals surface area contributed by atoms with Crippen molar-refractivity contribution in [2.45, 2.75) is 13.8 Å². The molecule has 0 aliphatic heterocycles. The number of ether oxygens (including phenoxy) is 1. The second-order valence-electron chi connectivity index (χ2n) is 5.73. The topological polar surface area (TPSA) is 67.0 Å². The van der Waals surface area contributed by atoms with Gasteiger partial charge in [-0.3, -0.25) is 9.89 Å². The quantitative estimate of drug-likeness (QED) is 0.764. The van der Waals surface area contributed by atoms with Crippen LogP contribution in [0.25, 0.3) is 11.3 Å². The van der Waals surface area contributed by atoms with Crippen LogP contribution in [0.15, 0.2) is 48.5 Å². The number of nitrogens with one attached hydrogen (secondary N) is 2. The SMILES string of the molecule is COc1ccc(-c2cc(C(=O)Nc3cc(C)cc(C)c3)[nH]n2)cc1. The number of aromatic amines is 1. The van der Waals surface area contributed by atoms with Crippen molar-refractivity contribution in [2.75, 3.05) is 12.4 Å². The molecular formula is C19H19N3O2. The summed E-state index contributed by atoms with van der Waals surface area (Å²) in [4.78, 5) is 12.4. The molecule has 1 heterocycles. The van der Waals surface area contributed by atoms with E-state index in [9.17, 15) is 4.79 Å². The molecule has 0 bridgehead atoms. The molecule has 2 N–H and O–H groups in total. The lowest BCUT2D eigenvalue weighted by Crippen LogP contribution is -2.12. The highest BCUT2D eigenvalue weighted by Gasteiger charge is 2.12. The zero-order chi connectivity index (χ0) is 17.1. The fourth-order valence-electron chi connectivity index (χ4n) is 2.59. The van der Waals surface area contributed by atoms with E-state index in [2.05, 4.69) is 21.6 Å². The van der Waals surface area contributed by atoms with Crippen molar-refractivity contribution in [1.82, 2.24) is 10.2 Å². The Bertz CT molecular complexity index is 846. The molecule has 5 heteroatoms. The van der Waals surface area contributed by atoms with E-state index in [1.165, 1.54) is 0 Å². The lowest BCUT2D eigenvalue weighted by molar-refractivity contribution is 0.102. The van der Waals surface area contributed by atoms with Gasteiger partial charge >= 0.3 is 0 Å². The first-order valence-electron chi connectivity index (χ1n) is 7.64. The number of hydrogen-bond donors (Lipinski definition) is 2. The molecule has 0 fully saturated rings. The van der Waals surface area contributed by atoms with Gasteiger partial charge in [0.25, 0.3) is 5.91 Å². The molecule has 0 aliphatic carbocycles. The molecule has 0 unspecified atom stereocenters. The van der Waals surface area contributed by atoms with Crippen LogP contribution >= 0.6 is 0 Å². The third-order valence-corrected chi connectivity index (χ3v) is 3.69. The molecule has 3 rings (SSSR count). The minimum Gasteiger partial charge on any atom is -0.497 e. The summed E-state index contributed by atoms with van der Waals surface area (Å²) < 4.78 is 5.14. The monoisotopic (exact) mass is 321 g/mol. The Hall–Kier alpha value is -3.08.